The Morgan fingerprint density at radius 2 is 1.75 bits per heavy atom. The molecule has 1 atom stereocenters. The Bertz CT molecular complexity index is 1240. The average Bonchev–Trinajstić information content (AvgIpc) is 3.05. The monoisotopic (exact) mass is 495 g/mol. The summed E-state index contributed by atoms with van der Waals surface area (Å²) in [5, 5.41) is 12.0. The molecule has 6 nitrogen and oxygen atoms in total. The SMILES string of the molecule is Cc1c(N2CC(O)(c3ccc(Br)cc3)[N+]3=C2CCCCC3)c(=O)n(-c2ccccc2)n1C. The summed E-state index contributed by atoms with van der Waals surface area (Å²) in [6.07, 6.45) is 4.04. The number of nitrogens with zero attached hydrogens (tertiary/aromatic N) is 4. The van der Waals surface area contributed by atoms with Crippen LogP contribution < -0.4 is 10.5 Å². The van der Waals surface area contributed by atoms with E-state index in [1.54, 1.807) is 4.68 Å². The minimum atomic E-state index is -1.17. The minimum absolute atomic E-state index is 0.0621. The van der Waals surface area contributed by atoms with E-state index < -0.39 is 5.72 Å². The second-order valence-corrected chi connectivity index (χ2v) is 9.61. The highest BCUT2D eigenvalue weighted by Gasteiger charge is 2.53. The molecule has 0 aliphatic carbocycles. The molecule has 0 fully saturated rings. The largest absolute Gasteiger partial charge is 0.346 e. The summed E-state index contributed by atoms with van der Waals surface area (Å²) in [6, 6.07) is 17.6. The molecule has 7 heteroatoms. The van der Waals surface area contributed by atoms with Crippen LogP contribution in [-0.4, -0.2) is 38.0 Å². The number of rotatable bonds is 3. The van der Waals surface area contributed by atoms with E-state index in [4.69, 9.17) is 0 Å². The van der Waals surface area contributed by atoms with Crippen molar-refractivity contribution >= 4 is 27.5 Å². The summed E-state index contributed by atoms with van der Waals surface area (Å²) in [5.74, 6) is 1.04. The van der Waals surface area contributed by atoms with Crippen LogP contribution in [0.25, 0.3) is 5.69 Å². The summed E-state index contributed by atoms with van der Waals surface area (Å²) in [7, 11) is 1.92. The molecule has 0 saturated heterocycles. The molecule has 0 spiro atoms. The number of hydrogen-bond donors (Lipinski definition) is 1. The van der Waals surface area contributed by atoms with Crippen LogP contribution in [0.4, 0.5) is 5.69 Å². The van der Waals surface area contributed by atoms with Gasteiger partial charge in [0.2, 0.25) is 5.69 Å². The molecule has 0 bridgehead atoms. The van der Waals surface area contributed by atoms with Gasteiger partial charge in [0.1, 0.15) is 0 Å². The molecule has 2 aliphatic heterocycles. The lowest BCUT2D eigenvalue weighted by Gasteiger charge is -2.23. The number of aromatic nitrogens is 2. The molecule has 2 aromatic carbocycles. The van der Waals surface area contributed by atoms with Crippen molar-refractivity contribution in [3.63, 3.8) is 0 Å². The van der Waals surface area contributed by atoms with Gasteiger partial charge in [-0.05, 0) is 50.5 Å². The van der Waals surface area contributed by atoms with E-state index in [9.17, 15) is 9.90 Å². The van der Waals surface area contributed by atoms with Crippen LogP contribution in [0.1, 0.15) is 36.9 Å². The standard InChI is InChI=1S/C25H28BrN4O2/c1-18-23(24(31)30(27(18)2)21-9-5-3-6-10-21)28-17-25(32,19-12-14-20(26)15-13-19)29-16-8-4-7-11-22(28)29/h3,5-6,9-10,12-15,32H,4,7-8,11,16-17H2,1-2H3/q+1. The fourth-order valence-electron chi connectivity index (χ4n) is 5.11. The van der Waals surface area contributed by atoms with Crippen LogP contribution in [0.3, 0.4) is 0 Å². The quantitative estimate of drug-likeness (QED) is 0.560. The Kier molecular flexibility index (Phi) is 5.34. The van der Waals surface area contributed by atoms with Crippen LogP contribution >= 0.6 is 15.9 Å². The molecule has 32 heavy (non-hydrogen) atoms. The predicted molar refractivity (Wildman–Crippen MR) is 130 cm³/mol. The molecular weight excluding hydrogens is 468 g/mol. The number of aliphatic hydroxyl groups is 1. The fraction of sp³-hybridized carbons (Fsp3) is 0.360. The van der Waals surface area contributed by atoms with Crippen molar-refractivity contribution in [1.82, 2.24) is 9.36 Å². The van der Waals surface area contributed by atoms with Crippen LogP contribution in [0.2, 0.25) is 0 Å². The average molecular weight is 496 g/mol. The number of β-amino-alcohol motifs (C(OH)–C–C–N with tert-alkyl or cyclic N) is 1. The Labute approximate surface area is 196 Å². The van der Waals surface area contributed by atoms with E-state index in [2.05, 4.69) is 25.4 Å². The van der Waals surface area contributed by atoms with Crippen molar-refractivity contribution in [2.45, 2.75) is 38.3 Å². The van der Waals surface area contributed by atoms with Crippen molar-refractivity contribution in [1.29, 1.82) is 0 Å². The molecule has 1 aromatic heterocycles. The van der Waals surface area contributed by atoms with Gasteiger partial charge in [-0.2, -0.15) is 0 Å². The van der Waals surface area contributed by atoms with Crippen molar-refractivity contribution in [2.75, 3.05) is 18.0 Å². The molecule has 5 rings (SSSR count). The maximum absolute atomic E-state index is 13.7. The zero-order valence-corrected chi connectivity index (χ0v) is 20.0. The first kappa shape index (κ1) is 21.2. The van der Waals surface area contributed by atoms with Crippen LogP contribution in [-0.2, 0) is 12.8 Å². The first-order valence-corrected chi connectivity index (χ1v) is 11.9. The molecule has 166 valence electrons. The third-order valence-corrected chi connectivity index (χ3v) is 7.36. The first-order chi connectivity index (χ1) is 15.4. The van der Waals surface area contributed by atoms with Crippen LogP contribution in [0.15, 0.2) is 63.9 Å². The fourth-order valence-corrected chi connectivity index (χ4v) is 5.37. The van der Waals surface area contributed by atoms with Gasteiger partial charge in [0.05, 0.1) is 17.9 Å². The maximum Gasteiger partial charge on any atom is 0.318 e. The Morgan fingerprint density at radius 3 is 2.47 bits per heavy atom. The summed E-state index contributed by atoms with van der Waals surface area (Å²) in [5.41, 5.74) is 1.97. The highest BCUT2D eigenvalue weighted by Crippen LogP contribution is 2.36. The number of benzene rings is 2. The van der Waals surface area contributed by atoms with E-state index in [-0.39, 0.29) is 5.56 Å². The van der Waals surface area contributed by atoms with Crippen molar-refractivity contribution < 1.29 is 9.68 Å². The lowest BCUT2D eigenvalue weighted by molar-refractivity contribution is -0.658. The van der Waals surface area contributed by atoms with E-state index >= 15 is 0 Å². The zero-order valence-electron chi connectivity index (χ0n) is 18.5. The lowest BCUT2D eigenvalue weighted by atomic mass is 10.0. The molecule has 0 radical (unpaired) electrons. The normalized spacial score (nSPS) is 21.1. The maximum atomic E-state index is 13.7. The van der Waals surface area contributed by atoms with E-state index in [0.29, 0.717) is 12.2 Å². The van der Waals surface area contributed by atoms with Gasteiger partial charge in [0.25, 0.3) is 11.6 Å². The summed E-state index contributed by atoms with van der Waals surface area (Å²) >= 11 is 3.50. The van der Waals surface area contributed by atoms with Gasteiger partial charge in [0, 0.05) is 23.5 Å². The summed E-state index contributed by atoms with van der Waals surface area (Å²) in [4.78, 5) is 15.8. The molecule has 1 unspecified atom stereocenters. The lowest BCUT2D eigenvalue weighted by Crippen LogP contribution is -2.41. The van der Waals surface area contributed by atoms with E-state index in [1.807, 2.05) is 73.3 Å². The highest BCUT2D eigenvalue weighted by molar-refractivity contribution is 9.10. The second-order valence-electron chi connectivity index (χ2n) is 8.70. The Morgan fingerprint density at radius 1 is 1.03 bits per heavy atom. The Balaban J connectivity index is 1.67. The van der Waals surface area contributed by atoms with Gasteiger partial charge < -0.3 is 5.11 Å². The number of hydrogen-bond acceptors (Lipinski definition) is 3. The third kappa shape index (κ3) is 3.26. The van der Waals surface area contributed by atoms with Crippen molar-refractivity contribution in [3.05, 3.63) is 80.7 Å². The molecule has 3 aromatic rings. The van der Waals surface area contributed by atoms with Gasteiger partial charge in [-0.25, -0.2) is 14.2 Å². The molecule has 1 N–H and O–H groups in total. The molecule has 0 amide bonds. The van der Waals surface area contributed by atoms with Gasteiger partial charge in [-0.3, -0.25) is 9.48 Å². The molecule has 0 saturated carbocycles. The van der Waals surface area contributed by atoms with E-state index in [1.165, 1.54) is 0 Å². The first-order valence-electron chi connectivity index (χ1n) is 11.2. The topological polar surface area (TPSA) is 53.4 Å². The van der Waals surface area contributed by atoms with E-state index in [0.717, 1.165) is 59.5 Å². The number of halogens is 1. The van der Waals surface area contributed by atoms with Crippen molar-refractivity contribution in [2.24, 2.45) is 7.05 Å². The smallest absolute Gasteiger partial charge is 0.318 e. The zero-order chi connectivity index (χ0) is 22.5. The molecule has 3 heterocycles. The minimum Gasteiger partial charge on any atom is -0.346 e. The van der Waals surface area contributed by atoms with Gasteiger partial charge in [-0.15, -0.1) is 0 Å². The van der Waals surface area contributed by atoms with Gasteiger partial charge >= 0.3 is 5.56 Å². The van der Waals surface area contributed by atoms with Gasteiger partial charge in [0.15, 0.2) is 6.54 Å². The Hall–Kier alpha value is -2.64. The second kappa shape index (κ2) is 8.05. The number of anilines is 1. The third-order valence-electron chi connectivity index (χ3n) is 6.83. The molecule has 2 aliphatic rings. The van der Waals surface area contributed by atoms with Crippen molar-refractivity contribution in [3.8, 4) is 5.69 Å². The summed E-state index contributed by atoms with van der Waals surface area (Å²) in [6.45, 7) is 3.09. The number of amidine groups is 1. The van der Waals surface area contributed by atoms with Crippen LogP contribution in [0.5, 0.6) is 0 Å². The molecular formula is C25H28BrN4O2+. The van der Waals surface area contributed by atoms with Crippen LogP contribution in [0, 0.1) is 6.92 Å². The van der Waals surface area contributed by atoms with Gasteiger partial charge in [-0.1, -0.05) is 46.3 Å². The predicted octanol–water partition coefficient (Wildman–Crippen LogP) is 3.90. The number of para-hydroxylation sites is 1. The highest BCUT2D eigenvalue weighted by atomic mass is 79.9. The summed E-state index contributed by atoms with van der Waals surface area (Å²) < 4.78 is 6.72.